The molecule has 0 spiro atoms. The van der Waals surface area contributed by atoms with Crippen LogP contribution in [0.1, 0.15) is 18.1 Å². The third-order valence-electron chi connectivity index (χ3n) is 4.01. The highest BCUT2D eigenvalue weighted by Crippen LogP contribution is 2.19. The van der Waals surface area contributed by atoms with Crippen LogP contribution in [0.15, 0.2) is 84.0 Å². The van der Waals surface area contributed by atoms with Crippen LogP contribution in [0.25, 0.3) is 11.1 Å². The maximum absolute atomic E-state index is 5.30. The minimum absolute atomic E-state index is 0.468. The number of hydrazone groups is 1. The van der Waals surface area contributed by atoms with Crippen molar-refractivity contribution in [2.75, 3.05) is 5.32 Å². The Balaban J connectivity index is 1.63. The zero-order valence-corrected chi connectivity index (χ0v) is 15.7. The average Bonchev–Trinajstić information content (AvgIpc) is 2.67. The summed E-state index contributed by atoms with van der Waals surface area (Å²) in [7, 11) is 0. The highest BCUT2D eigenvalue weighted by molar-refractivity contribution is 7.80. The smallest absolute Gasteiger partial charge is 0.191 e. The fraction of sp³-hybridized carbons (Fsp3) is 0.0909. The summed E-state index contributed by atoms with van der Waals surface area (Å²) in [6.07, 6.45) is 0. The van der Waals surface area contributed by atoms with Gasteiger partial charge in [-0.15, -0.1) is 0 Å². The molecule has 0 unspecified atom stereocenters. The van der Waals surface area contributed by atoms with E-state index in [0.717, 1.165) is 17.0 Å². The van der Waals surface area contributed by atoms with Gasteiger partial charge in [-0.1, -0.05) is 66.7 Å². The summed E-state index contributed by atoms with van der Waals surface area (Å²) in [5, 5.41) is 7.98. The van der Waals surface area contributed by atoms with Crippen LogP contribution >= 0.6 is 12.2 Å². The van der Waals surface area contributed by atoms with E-state index in [9.17, 15) is 0 Å². The second-order valence-corrected chi connectivity index (χ2v) is 6.48. The summed E-state index contributed by atoms with van der Waals surface area (Å²) in [6.45, 7) is 4.00. The largest absolute Gasteiger partial charge is 0.331 e. The van der Waals surface area contributed by atoms with Crippen LogP contribution in [-0.2, 0) is 0 Å². The Morgan fingerprint density at radius 1 is 0.846 bits per heavy atom. The predicted octanol–water partition coefficient (Wildman–Crippen LogP) is 5.37. The number of benzene rings is 3. The van der Waals surface area contributed by atoms with Gasteiger partial charge in [0, 0.05) is 5.69 Å². The van der Waals surface area contributed by atoms with E-state index in [1.54, 1.807) is 0 Å². The molecule has 0 aliphatic rings. The Hall–Kier alpha value is -2.98. The Morgan fingerprint density at radius 3 is 2.23 bits per heavy atom. The van der Waals surface area contributed by atoms with Gasteiger partial charge in [-0.2, -0.15) is 5.10 Å². The van der Waals surface area contributed by atoms with Gasteiger partial charge in [-0.25, -0.2) is 0 Å². The first-order valence-corrected chi connectivity index (χ1v) is 8.86. The van der Waals surface area contributed by atoms with Crippen molar-refractivity contribution < 1.29 is 0 Å². The molecule has 3 aromatic carbocycles. The SMILES string of the molecule is C/C(=N\NC(=S)Nc1cccc(C)c1)c1ccc(-c2ccccc2)cc1. The molecule has 26 heavy (non-hydrogen) atoms. The topological polar surface area (TPSA) is 36.4 Å². The lowest BCUT2D eigenvalue weighted by Crippen LogP contribution is -2.25. The molecule has 3 rings (SSSR count). The second kappa shape index (κ2) is 8.41. The van der Waals surface area contributed by atoms with Gasteiger partial charge in [0.05, 0.1) is 5.71 Å². The highest BCUT2D eigenvalue weighted by Gasteiger charge is 2.01. The van der Waals surface area contributed by atoms with Crippen LogP contribution < -0.4 is 10.7 Å². The number of aryl methyl sites for hydroxylation is 1. The molecule has 0 fully saturated rings. The van der Waals surface area contributed by atoms with Crippen LogP contribution in [0.3, 0.4) is 0 Å². The molecule has 0 heterocycles. The third kappa shape index (κ3) is 4.77. The van der Waals surface area contributed by atoms with Crippen molar-refractivity contribution in [1.82, 2.24) is 5.43 Å². The van der Waals surface area contributed by atoms with Gasteiger partial charge in [0.25, 0.3) is 0 Å². The Kier molecular flexibility index (Phi) is 5.77. The number of thiocarbonyl (C=S) groups is 1. The molecule has 0 saturated heterocycles. The highest BCUT2D eigenvalue weighted by atomic mass is 32.1. The quantitative estimate of drug-likeness (QED) is 0.373. The van der Waals surface area contributed by atoms with E-state index < -0.39 is 0 Å². The van der Waals surface area contributed by atoms with E-state index >= 15 is 0 Å². The molecule has 3 nitrogen and oxygen atoms in total. The Morgan fingerprint density at radius 2 is 1.54 bits per heavy atom. The molecule has 0 aliphatic carbocycles. The molecule has 3 aromatic rings. The lowest BCUT2D eigenvalue weighted by molar-refractivity contribution is 1.04. The van der Waals surface area contributed by atoms with Gasteiger partial charge in [-0.05, 0) is 60.5 Å². The fourth-order valence-electron chi connectivity index (χ4n) is 2.62. The first-order chi connectivity index (χ1) is 12.6. The minimum atomic E-state index is 0.468. The van der Waals surface area contributed by atoms with Crippen molar-refractivity contribution in [2.45, 2.75) is 13.8 Å². The molecular formula is C22H21N3S. The Bertz CT molecular complexity index is 916. The molecule has 0 bridgehead atoms. The van der Waals surface area contributed by atoms with Crippen LogP contribution in [0.2, 0.25) is 0 Å². The molecule has 0 atom stereocenters. The molecule has 0 aliphatic heterocycles. The van der Waals surface area contributed by atoms with Crippen molar-refractivity contribution in [1.29, 1.82) is 0 Å². The number of nitrogens with zero attached hydrogens (tertiary/aromatic N) is 1. The monoisotopic (exact) mass is 359 g/mol. The van der Waals surface area contributed by atoms with E-state index in [1.165, 1.54) is 16.7 Å². The number of hydrogen-bond donors (Lipinski definition) is 2. The molecule has 130 valence electrons. The van der Waals surface area contributed by atoms with Crippen molar-refractivity contribution in [3.05, 3.63) is 90.0 Å². The summed E-state index contributed by atoms with van der Waals surface area (Å²) in [4.78, 5) is 0. The summed E-state index contributed by atoms with van der Waals surface area (Å²) in [5.74, 6) is 0. The van der Waals surface area contributed by atoms with Crippen molar-refractivity contribution in [2.24, 2.45) is 5.10 Å². The summed E-state index contributed by atoms with van der Waals surface area (Å²) >= 11 is 5.30. The van der Waals surface area contributed by atoms with Crippen molar-refractivity contribution in [3.63, 3.8) is 0 Å². The summed E-state index contributed by atoms with van der Waals surface area (Å²) < 4.78 is 0. The molecular weight excluding hydrogens is 338 g/mol. The molecule has 2 N–H and O–H groups in total. The van der Waals surface area contributed by atoms with Crippen molar-refractivity contribution in [3.8, 4) is 11.1 Å². The molecule has 0 amide bonds. The number of nitrogens with one attached hydrogen (secondary N) is 2. The van der Waals surface area contributed by atoms with Crippen LogP contribution in [-0.4, -0.2) is 10.8 Å². The average molecular weight is 359 g/mol. The zero-order valence-electron chi connectivity index (χ0n) is 14.9. The minimum Gasteiger partial charge on any atom is -0.331 e. The summed E-state index contributed by atoms with van der Waals surface area (Å²) in [6, 6.07) is 26.7. The van der Waals surface area contributed by atoms with Crippen LogP contribution in [0.4, 0.5) is 5.69 Å². The van der Waals surface area contributed by atoms with E-state index in [1.807, 2.05) is 56.3 Å². The molecule has 0 aromatic heterocycles. The fourth-order valence-corrected chi connectivity index (χ4v) is 2.78. The third-order valence-corrected chi connectivity index (χ3v) is 4.20. The molecule has 0 saturated carbocycles. The maximum atomic E-state index is 5.30. The van der Waals surface area contributed by atoms with E-state index in [0.29, 0.717) is 5.11 Å². The normalized spacial score (nSPS) is 11.1. The van der Waals surface area contributed by atoms with Gasteiger partial charge in [0.15, 0.2) is 5.11 Å². The molecule has 0 radical (unpaired) electrons. The van der Waals surface area contributed by atoms with Gasteiger partial charge in [0.1, 0.15) is 0 Å². The number of rotatable bonds is 4. The van der Waals surface area contributed by atoms with E-state index in [4.69, 9.17) is 12.2 Å². The molecule has 4 heteroatoms. The predicted molar refractivity (Wildman–Crippen MR) is 115 cm³/mol. The van der Waals surface area contributed by atoms with Gasteiger partial charge < -0.3 is 5.32 Å². The lowest BCUT2D eigenvalue weighted by Gasteiger charge is -2.09. The van der Waals surface area contributed by atoms with Crippen LogP contribution in [0, 0.1) is 6.92 Å². The van der Waals surface area contributed by atoms with Gasteiger partial charge >= 0.3 is 0 Å². The van der Waals surface area contributed by atoms with E-state index in [2.05, 4.69) is 52.2 Å². The van der Waals surface area contributed by atoms with Crippen LogP contribution in [0.5, 0.6) is 0 Å². The standard InChI is InChI=1S/C22H21N3S/c1-16-7-6-10-21(15-16)23-22(26)25-24-17(2)18-11-13-20(14-12-18)19-8-4-3-5-9-19/h3-15H,1-2H3,(H2,23,25,26)/b24-17+. The van der Waals surface area contributed by atoms with Gasteiger partial charge in [-0.3, -0.25) is 5.43 Å². The second-order valence-electron chi connectivity index (χ2n) is 6.08. The first-order valence-electron chi connectivity index (χ1n) is 8.45. The number of anilines is 1. The maximum Gasteiger partial charge on any atom is 0.191 e. The van der Waals surface area contributed by atoms with Crippen molar-refractivity contribution >= 4 is 28.7 Å². The summed E-state index contributed by atoms with van der Waals surface area (Å²) in [5.41, 5.74) is 9.34. The lowest BCUT2D eigenvalue weighted by atomic mass is 10.0. The zero-order chi connectivity index (χ0) is 18.4. The van der Waals surface area contributed by atoms with E-state index in [-0.39, 0.29) is 0 Å². The number of hydrogen-bond acceptors (Lipinski definition) is 2. The first kappa shape index (κ1) is 17.8. The van der Waals surface area contributed by atoms with Gasteiger partial charge in [0.2, 0.25) is 0 Å². The Labute approximate surface area is 159 Å².